The van der Waals surface area contributed by atoms with Crippen LogP contribution in [0.4, 0.5) is 5.69 Å². The van der Waals surface area contributed by atoms with Gasteiger partial charge in [-0.2, -0.15) is 0 Å². The van der Waals surface area contributed by atoms with E-state index in [0.717, 1.165) is 12.8 Å². The van der Waals surface area contributed by atoms with Crippen molar-refractivity contribution in [2.24, 2.45) is 0 Å². The number of halogens is 1. The molecule has 0 N–H and O–H groups in total. The molecular weight excluding hydrogens is 332 g/mol. The molecule has 132 valence electrons. The number of methoxy groups -OCH3 is 1. The molecule has 1 rings (SSSR count). The zero-order valence-corrected chi connectivity index (χ0v) is 15.2. The number of hydrogen-bond donors (Lipinski definition) is 0. The first-order chi connectivity index (χ1) is 11.3. The van der Waals surface area contributed by atoms with E-state index in [-0.39, 0.29) is 28.9 Å². The molecule has 24 heavy (non-hydrogen) atoms. The van der Waals surface area contributed by atoms with Gasteiger partial charge in [-0.1, -0.05) is 24.9 Å². The van der Waals surface area contributed by atoms with Crippen LogP contribution in [-0.2, 0) is 14.3 Å². The molecule has 7 heteroatoms. The van der Waals surface area contributed by atoms with Gasteiger partial charge >= 0.3 is 5.97 Å². The van der Waals surface area contributed by atoms with Gasteiger partial charge in [0.1, 0.15) is 6.54 Å². The van der Waals surface area contributed by atoms with Gasteiger partial charge in [0.05, 0.1) is 23.4 Å². The number of carbonyl (C=O) groups excluding carboxylic acids is 3. The molecule has 0 aliphatic heterocycles. The van der Waals surface area contributed by atoms with E-state index in [4.69, 9.17) is 11.6 Å². The standard InChI is InChI=1S/C17H23ClN2O4/c1-5-6-9-19(3)16(22)11-20(12(2)21)15-10-13(17(23)24-4)7-8-14(15)18/h7-8,10H,5-6,9,11H2,1-4H3. The highest BCUT2D eigenvalue weighted by atomic mass is 35.5. The molecule has 0 unspecified atom stereocenters. The van der Waals surface area contributed by atoms with Crippen LogP contribution in [0, 0.1) is 0 Å². The summed E-state index contributed by atoms with van der Waals surface area (Å²) in [5, 5.41) is 0.280. The number of rotatable bonds is 7. The molecule has 0 radical (unpaired) electrons. The normalized spacial score (nSPS) is 10.2. The Labute approximate surface area is 147 Å². The molecule has 0 saturated carbocycles. The predicted molar refractivity (Wildman–Crippen MR) is 93.4 cm³/mol. The lowest BCUT2D eigenvalue weighted by Crippen LogP contribution is -2.41. The molecule has 0 heterocycles. The van der Waals surface area contributed by atoms with E-state index in [9.17, 15) is 14.4 Å². The Morgan fingerprint density at radius 3 is 2.46 bits per heavy atom. The first kappa shape index (κ1) is 20.0. The second-order valence-electron chi connectivity index (χ2n) is 5.43. The van der Waals surface area contributed by atoms with Crippen LogP contribution in [-0.4, -0.2) is 49.9 Å². The van der Waals surface area contributed by atoms with E-state index in [1.54, 1.807) is 11.9 Å². The number of esters is 1. The molecule has 0 fully saturated rings. The van der Waals surface area contributed by atoms with Crippen LogP contribution in [0.2, 0.25) is 5.02 Å². The third-order valence-electron chi connectivity index (χ3n) is 3.60. The van der Waals surface area contributed by atoms with E-state index in [0.29, 0.717) is 12.2 Å². The van der Waals surface area contributed by atoms with E-state index >= 15 is 0 Å². The fourth-order valence-electron chi connectivity index (χ4n) is 2.11. The lowest BCUT2D eigenvalue weighted by molar-refractivity contribution is -0.130. The molecule has 1 aromatic rings. The fourth-order valence-corrected chi connectivity index (χ4v) is 2.33. The van der Waals surface area contributed by atoms with E-state index in [1.807, 2.05) is 6.92 Å². The van der Waals surface area contributed by atoms with Gasteiger partial charge in [-0.15, -0.1) is 0 Å². The number of nitrogens with zero attached hydrogens (tertiary/aromatic N) is 2. The smallest absolute Gasteiger partial charge is 0.337 e. The SMILES string of the molecule is CCCCN(C)C(=O)CN(C(C)=O)c1cc(C(=O)OC)ccc1Cl. The molecular formula is C17H23ClN2O4. The van der Waals surface area contributed by atoms with Crippen LogP contribution < -0.4 is 4.90 Å². The lowest BCUT2D eigenvalue weighted by atomic mass is 10.2. The first-order valence-corrected chi connectivity index (χ1v) is 8.09. The van der Waals surface area contributed by atoms with Crippen LogP contribution in [0.25, 0.3) is 0 Å². The summed E-state index contributed by atoms with van der Waals surface area (Å²) in [5.74, 6) is -1.07. The van der Waals surface area contributed by atoms with E-state index < -0.39 is 5.97 Å². The van der Waals surface area contributed by atoms with Crippen molar-refractivity contribution in [1.82, 2.24) is 4.90 Å². The minimum absolute atomic E-state index is 0.139. The van der Waals surface area contributed by atoms with Gasteiger partial charge in [-0.25, -0.2) is 4.79 Å². The van der Waals surface area contributed by atoms with Gasteiger partial charge in [-0.3, -0.25) is 9.59 Å². The highest BCUT2D eigenvalue weighted by Gasteiger charge is 2.21. The molecule has 0 aliphatic rings. The van der Waals surface area contributed by atoms with E-state index in [2.05, 4.69) is 4.74 Å². The molecule has 0 saturated heterocycles. The summed E-state index contributed by atoms with van der Waals surface area (Å²) < 4.78 is 4.67. The minimum Gasteiger partial charge on any atom is -0.465 e. The number of anilines is 1. The predicted octanol–water partition coefficient (Wildman–Crippen LogP) is 2.74. The molecule has 0 aromatic heterocycles. The molecule has 0 spiro atoms. The van der Waals surface area contributed by atoms with Crippen LogP contribution in [0.15, 0.2) is 18.2 Å². The van der Waals surface area contributed by atoms with Crippen molar-refractivity contribution in [2.75, 3.05) is 32.1 Å². The lowest BCUT2D eigenvalue weighted by Gasteiger charge is -2.25. The summed E-state index contributed by atoms with van der Waals surface area (Å²) in [7, 11) is 2.97. The largest absolute Gasteiger partial charge is 0.465 e. The number of ether oxygens (including phenoxy) is 1. The number of hydrogen-bond acceptors (Lipinski definition) is 4. The summed E-state index contributed by atoms with van der Waals surface area (Å²) in [4.78, 5) is 38.8. The average Bonchev–Trinajstić information content (AvgIpc) is 2.56. The monoisotopic (exact) mass is 354 g/mol. The highest BCUT2D eigenvalue weighted by molar-refractivity contribution is 6.34. The Kier molecular flexibility index (Phi) is 7.71. The van der Waals surface area contributed by atoms with Gasteiger partial charge in [0.2, 0.25) is 11.8 Å². The summed E-state index contributed by atoms with van der Waals surface area (Å²) in [6.45, 7) is 3.87. The van der Waals surface area contributed by atoms with Crippen molar-refractivity contribution < 1.29 is 19.1 Å². The molecule has 0 aliphatic carbocycles. The average molecular weight is 355 g/mol. The molecule has 6 nitrogen and oxygen atoms in total. The van der Waals surface area contributed by atoms with Crippen molar-refractivity contribution in [3.63, 3.8) is 0 Å². The molecule has 2 amide bonds. The second-order valence-corrected chi connectivity index (χ2v) is 5.84. The van der Waals surface area contributed by atoms with Crippen LogP contribution >= 0.6 is 11.6 Å². The number of likely N-dealkylation sites (N-methyl/N-ethyl adjacent to an activating group) is 1. The van der Waals surface area contributed by atoms with Gasteiger partial charge in [-0.05, 0) is 24.6 Å². The molecule has 0 atom stereocenters. The number of unbranched alkanes of at least 4 members (excludes halogenated alkanes) is 1. The van der Waals surface area contributed by atoms with Crippen LogP contribution in [0.1, 0.15) is 37.0 Å². The quantitative estimate of drug-likeness (QED) is 0.706. The van der Waals surface area contributed by atoms with Crippen molar-refractivity contribution in [1.29, 1.82) is 0 Å². The number of amides is 2. The Morgan fingerprint density at radius 1 is 1.25 bits per heavy atom. The Balaban J connectivity index is 3.06. The summed E-state index contributed by atoms with van der Waals surface area (Å²) in [6, 6.07) is 4.46. The van der Waals surface area contributed by atoms with Crippen molar-refractivity contribution >= 4 is 35.1 Å². The van der Waals surface area contributed by atoms with Gasteiger partial charge < -0.3 is 14.5 Å². The zero-order valence-electron chi connectivity index (χ0n) is 14.5. The Morgan fingerprint density at radius 2 is 1.92 bits per heavy atom. The van der Waals surface area contributed by atoms with Gasteiger partial charge in [0, 0.05) is 20.5 Å². The number of benzene rings is 1. The summed E-state index contributed by atoms with van der Waals surface area (Å²) in [5.41, 5.74) is 0.569. The maximum Gasteiger partial charge on any atom is 0.337 e. The fraction of sp³-hybridized carbons (Fsp3) is 0.471. The third kappa shape index (κ3) is 5.23. The maximum atomic E-state index is 12.3. The maximum absolute atomic E-state index is 12.3. The van der Waals surface area contributed by atoms with Crippen molar-refractivity contribution in [2.45, 2.75) is 26.7 Å². The Bertz CT molecular complexity index is 619. The topological polar surface area (TPSA) is 66.9 Å². The Hall–Kier alpha value is -2.08. The van der Waals surface area contributed by atoms with Crippen LogP contribution in [0.5, 0.6) is 0 Å². The van der Waals surface area contributed by atoms with Crippen molar-refractivity contribution in [3.8, 4) is 0 Å². The van der Waals surface area contributed by atoms with E-state index in [1.165, 1.54) is 37.1 Å². The summed E-state index contributed by atoms with van der Waals surface area (Å²) in [6.07, 6.45) is 1.86. The molecule has 0 bridgehead atoms. The third-order valence-corrected chi connectivity index (χ3v) is 3.92. The van der Waals surface area contributed by atoms with Gasteiger partial charge in [0.15, 0.2) is 0 Å². The van der Waals surface area contributed by atoms with Crippen molar-refractivity contribution in [3.05, 3.63) is 28.8 Å². The summed E-state index contributed by atoms with van der Waals surface area (Å²) >= 11 is 6.16. The second kappa shape index (κ2) is 9.27. The van der Waals surface area contributed by atoms with Gasteiger partial charge in [0.25, 0.3) is 0 Å². The first-order valence-electron chi connectivity index (χ1n) is 7.71. The van der Waals surface area contributed by atoms with Crippen LogP contribution in [0.3, 0.4) is 0 Å². The highest BCUT2D eigenvalue weighted by Crippen LogP contribution is 2.27. The zero-order chi connectivity index (χ0) is 18.3. The minimum atomic E-state index is -0.539. The number of carbonyl (C=O) groups is 3. The molecule has 1 aromatic carbocycles.